The van der Waals surface area contributed by atoms with Crippen molar-refractivity contribution >= 4 is 17.8 Å². The molecule has 3 aliphatic rings. The molecule has 0 radical (unpaired) electrons. The summed E-state index contributed by atoms with van der Waals surface area (Å²) in [5.41, 5.74) is -1.60. The van der Waals surface area contributed by atoms with Gasteiger partial charge in [0.1, 0.15) is 11.6 Å². The molecule has 8 heteroatoms. The van der Waals surface area contributed by atoms with Crippen molar-refractivity contribution in [2.24, 2.45) is 23.2 Å². The van der Waals surface area contributed by atoms with Crippen molar-refractivity contribution in [3.05, 3.63) is 0 Å². The molecule has 3 fully saturated rings. The van der Waals surface area contributed by atoms with E-state index in [2.05, 4.69) is 26.1 Å². The Kier molecular flexibility index (Phi) is 7.46. The molecule has 2 unspecified atom stereocenters. The first-order chi connectivity index (χ1) is 15.7. The number of likely N-dealkylation sites (tertiary alicyclic amines) is 1. The van der Waals surface area contributed by atoms with Gasteiger partial charge in [-0.3, -0.25) is 14.4 Å². The Morgan fingerprint density at radius 3 is 2.44 bits per heavy atom. The number of esters is 1. The van der Waals surface area contributed by atoms with Gasteiger partial charge in [-0.05, 0) is 51.4 Å². The molecule has 0 aromatic rings. The van der Waals surface area contributed by atoms with E-state index in [0.717, 1.165) is 12.8 Å². The summed E-state index contributed by atoms with van der Waals surface area (Å²) in [4.78, 5) is 42.4. The van der Waals surface area contributed by atoms with E-state index in [4.69, 9.17) is 9.47 Å². The molecule has 0 aliphatic carbocycles. The summed E-state index contributed by atoms with van der Waals surface area (Å²) < 4.78 is 11.7. The average molecular weight is 481 g/mol. The van der Waals surface area contributed by atoms with Crippen LogP contribution >= 0.6 is 0 Å². The average Bonchev–Trinajstić information content (AvgIpc) is 3.34. The van der Waals surface area contributed by atoms with Crippen molar-refractivity contribution < 1.29 is 29.0 Å². The fourth-order valence-corrected chi connectivity index (χ4v) is 6.84. The van der Waals surface area contributed by atoms with Crippen molar-refractivity contribution in [3.8, 4) is 0 Å². The van der Waals surface area contributed by atoms with Crippen LogP contribution in [0.3, 0.4) is 0 Å². The Labute approximate surface area is 204 Å². The minimum absolute atomic E-state index is 0.00946. The molecule has 7 atom stereocenters. The lowest BCUT2D eigenvalue weighted by molar-refractivity contribution is -0.156. The molecule has 0 aromatic carbocycles. The molecular weight excluding hydrogens is 436 g/mol. The van der Waals surface area contributed by atoms with Gasteiger partial charge in [0.25, 0.3) is 0 Å². The maximum Gasteiger partial charge on any atom is 0.312 e. The molecule has 2 bridgehead atoms. The lowest BCUT2D eigenvalue weighted by Crippen LogP contribution is -2.62. The molecule has 3 rings (SSSR count). The van der Waals surface area contributed by atoms with Crippen LogP contribution in [-0.2, 0) is 23.9 Å². The summed E-state index contributed by atoms with van der Waals surface area (Å²) >= 11 is 0. The highest BCUT2D eigenvalue weighted by atomic mass is 16.6. The molecule has 194 valence electrons. The van der Waals surface area contributed by atoms with E-state index in [1.807, 2.05) is 27.7 Å². The summed E-state index contributed by atoms with van der Waals surface area (Å²) in [5.74, 6) is -2.53. The van der Waals surface area contributed by atoms with Gasteiger partial charge in [0.15, 0.2) is 0 Å². The van der Waals surface area contributed by atoms with Crippen LogP contribution in [0.5, 0.6) is 0 Å². The molecular formula is C26H44N2O6. The van der Waals surface area contributed by atoms with Crippen LogP contribution in [0.1, 0.15) is 81.1 Å². The van der Waals surface area contributed by atoms with Crippen molar-refractivity contribution in [2.45, 2.75) is 110 Å². The van der Waals surface area contributed by atoms with E-state index in [-0.39, 0.29) is 36.4 Å². The fourth-order valence-electron chi connectivity index (χ4n) is 6.84. The number of ether oxygens (including phenoxy) is 2. The molecule has 2 amide bonds. The monoisotopic (exact) mass is 480 g/mol. The first-order valence-corrected chi connectivity index (χ1v) is 12.8. The summed E-state index contributed by atoms with van der Waals surface area (Å²) in [6, 6.07) is -1.44. The van der Waals surface area contributed by atoms with E-state index in [9.17, 15) is 19.5 Å². The summed E-state index contributed by atoms with van der Waals surface area (Å²) in [7, 11) is 0. The second-order valence-electron chi connectivity index (χ2n) is 12.3. The topological polar surface area (TPSA) is 105 Å². The Morgan fingerprint density at radius 1 is 1.26 bits per heavy atom. The summed E-state index contributed by atoms with van der Waals surface area (Å²) in [6.45, 7) is 16.0. The molecule has 3 heterocycles. The summed E-state index contributed by atoms with van der Waals surface area (Å²) in [6.07, 6.45) is 2.18. The molecule has 0 aromatic heterocycles. The number of aliphatic hydroxyl groups excluding tert-OH is 1. The van der Waals surface area contributed by atoms with Crippen molar-refractivity contribution in [1.29, 1.82) is 0 Å². The van der Waals surface area contributed by atoms with Crippen LogP contribution in [0.2, 0.25) is 0 Å². The van der Waals surface area contributed by atoms with Gasteiger partial charge in [-0.2, -0.15) is 0 Å². The van der Waals surface area contributed by atoms with Gasteiger partial charge < -0.3 is 24.8 Å². The first kappa shape index (κ1) is 26.9. The highest BCUT2D eigenvalue weighted by molar-refractivity contribution is 5.98. The number of nitrogens with zero attached hydrogens (tertiary/aromatic N) is 1. The van der Waals surface area contributed by atoms with Crippen molar-refractivity contribution in [1.82, 2.24) is 10.2 Å². The smallest absolute Gasteiger partial charge is 0.312 e. The zero-order valence-electron chi connectivity index (χ0n) is 22.1. The Balaban J connectivity index is 2.04. The summed E-state index contributed by atoms with van der Waals surface area (Å²) in [5, 5.41) is 13.5. The number of carbonyl (C=O) groups is 3. The Hall–Kier alpha value is -1.67. The lowest BCUT2D eigenvalue weighted by atomic mass is 9.70. The third-order valence-corrected chi connectivity index (χ3v) is 7.82. The van der Waals surface area contributed by atoms with Gasteiger partial charge in [0, 0.05) is 5.54 Å². The molecule has 2 N–H and O–H groups in total. The number of hydrogen-bond acceptors (Lipinski definition) is 6. The number of fused-ring (bicyclic) bond motifs is 1. The number of carbonyl (C=O) groups excluding carboxylic acids is 3. The molecule has 1 spiro atoms. The second kappa shape index (κ2) is 9.41. The van der Waals surface area contributed by atoms with Crippen LogP contribution in [0.15, 0.2) is 0 Å². The van der Waals surface area contributed by atoms with Gasteiger partial charge in [-0.15, -0.1) is 0 Å². The largest absolute Gasteiger partial charge is 0.466 e. The minimum atomic E-state index is -1.08. The van der Waals surface area contributed by atoms with Crippen molar-refractivity contribution in [2.75, 3.05) is 13.2 Å². The van der Waals surface area contributed by atoms with Crippen LogP contribution < -0.4 is 5.32 Å². The molecule has 34 heavy (non-hydrogen) atoms. The molecule has 3 saturated heterocycles. The highest BCUT2D eigenvalue weighted by Gasteiger charge is 2.75. The van der Waals surface area contributed by atoms with E-state index >= 15 is 0 Å². The van der Waals surface area contributed by atoms with E-state index in [1.54, 1.807) is 11.8 Å². The van der Waals surface area contributed by atoms with Crippen molar-refractivity contribution in [3.63, 3.8) is 0 Å². The molecule has 8 nitrogen and oxygen atoms in total. The number of hydrogen-bond donors (Lipinski definition) is 2. The number of amides is 2. The van der Waals surface area contributed by atoms with Gasteiger partial charge >= 0.3 is 5.97 Å². The fraction of sp³-hybridized carbons (Fsp3) is 0.885. The number of rotatable bonds is 9. The van der Waals surface area contributed by atoms with E-state index < -0.39 is 47.1 Å². The quantitative estimate of drug-likeness (QED) is 0.492. The minimum Gasteiger partial charge on any atom is -0.466 e. The Bertz CT molecular complexity index is 806. The first-order valence-electron chi connectivity index (χ1n) is 12.8. The Morgan fingerprint density at radius 2 is 1.91 bits per heavy atom. The van der Waals surface area contributed by atoms with Crippen LogP contribution in [0.25, 0.3) is 0 Å². The third kappa shape index (κ3) is 4.60. The van der Waals surface area contributed by atoms with Gasteiger partial charge in [0.05, 0.1) is 37.2 Å². The van der Waals surface area contributed by atoms with E-state index in [0.29, 0.717) is 12.8 Å². The maximum absolute atomic E-state index is 14.0. The maximum atomic E-state index is 14.0. The standard InChI is InChI=1S/C26H44N2O6/c1-9-15(3)16(13-29)28-20(21(30)27-25(7,8)14-24(4,5)6)26-12-11-17(34-26)18(19(26)22(28)31)23(32)33-10-2/h15-20,29H,9-14H2,1-8H3,(H,27,30)/t15-,16-,17+,18-,19-,20?,26?/m0/s1. The van der Waals surface area contributed by atoms with Crippen LogP contribution in [0.4, 0.5) is 0 Å². The predicted molar refractivity (Wildman–Crippen MR) is 128 cm³/mol. The lowest BCUT2D eigenvalue weighted by Gasteiger charge is -2.41. The van der Waals surface area contributed by atoms with Gasteiger partial charge in [-0.25, -0.2) is 0 Å². The number of nitrogens with one attached hydrogen (secondary N) is 1. The second-order valence-corrected chi connectivity index (χ2v) is 12.3. The predicted octanol–water partition coefficient (Wildman–Crippen LogP) is 2.66. The van der Waals surface area contributed by atoms with E-state index in [1.165, 1.54) is 0 Å². The van der Waals surface area contributed by atoms with Crippen LogP contribution in [0, 0.1) is 23.2 Å². The molecule has 0 saturated carbocycles. The number of aliphatic hydroxyl groups is 1. The zero-order chi connectivity index (χ0) is 25.6. The SMILES string of the molecule is CCOC(=O)[C@@H]1[C@H]2C(=O)N([C@@H](CO)[C@@H](C)CC)C(C(=O)NC(C)(C)CC(C)(C)C)C23CC[C@H]1O3. The molecule has 3 aliphatic heterocycles. The normalized spacial score (nSPS) is 32.5. The van der Waals surface area contributed by atoms with Gasteiger partial charge in [-0.1, -0.05) is 41.0 Å². The zero-order valence-corrected chi connectivity index (χ0v) is 22.1. The van der Waals surface area contributed by atoms with Crippen LogP contribution in [-0.4, -0.2) is 70.3 Å². The van der Waals surface area contributed by atoms with Gasteiger partial charge in [0.2, 0.25) is 11.8 Å². The third-order valence-electron chi connectivity index (χ3n) is 7.82. The highest BCUT2D eigenvalue weighted by Crippen LogP contribution is 2.59.